The zero-order valence-electron chi connectivity index (χ0n) is 13.1. The van der Waals surface area contributed by atoms with Crippen LogP contribution in [0, 0.1) is 0 Å². The molecule has 1 unspecified atom stereocenters. The normalized spacial score (nSPS) is 11.5. The zero-order chi connectivity index (χ0) is 16.5. The minimum Gasteiger partial charge on any atom is -0.334 e. The van der Waals surface area contributed by atoms with Crippen molar-refractivity contribution < 1.29 is 9.59 Å². The number of carbonyl (C=O) groups excluding carboxylic acids is 2. The molecule has 2 aromatic rings. The van der Waals surface area contributed by atoms with Crippen molar-refractivity contribution >= 4 is 11.9 Å². The first-order valence-electron chi connectivity index (χ1n) is 7.55. The molecule has 1 atom stereocenters. The van der Waals surface area contributed by atoms with Gasteiger partial charge in [0.25, 0.3) is 0 Å². The van der Waals surface area contributed by atoms with Gasteiger partial charge in [-0.2, -0.15) is 0 Å². The highest BCUT2D eigenvalue weighted by molar-refractivity contribution is 5.95. The molecule has 2 aromatic carbocycles. The van der Waals surface area contributed by atoms with E-state index in [1.807, 2.05) is 67.6 Å². The van der Waals surface area contributed by atoms with Crippen LogP contribution in [-0.2, 0) is 11.3 Å². The van der Waals surface area contributed by atoms with E-state index < -0.39 is 6.03 Å². The standard InChI is InChI=1S/C18H21N3O2/c1-14(16-10-6-3-7-11-16)19-13-17(22)21-18(23)20-12-15-8-4-2-5-9-15/h2-11,14,19H,12-13H2,1H3,(H2,20,21,22,23). The number of carbonyl (C=O) groups is 2. The van der Waals surface area contributed by atoms with Crippen LogP contribution < -0.4 is 16.0 Å². The van der Waals surface area contributed by atoms with E-state index >= 15 is 0 Å². The van der Waals surface area contributed by atoms with Crippen LogP contribution in [0.2, 0.25) is 0 Å². The molecule has 5 heteroatoms. The van der Waals surface area contributed by atoms with E-state index in [9.17, 15) is 9.59 Å². The van der Waals surface area contributed by atoms with Gasteiger partial charge in [-0.05, 0) is 18.1 Å². The third-order valence-corrected chi connectivity index (χ3v) is 3.42. The lowest BCUT2D eigenvalue weighted by Crippen LogP contribution is -2.43. The number of rotatable bonds is 6. The van der Waals surface area contributed by atoms with Gasteiger partial charge in [-0.25, -0.2) is 4.79 Å². The van der Waals surface area contributed by atoms with Crippen molar-refractivity contribution in [2.45, 2.75) is 19.5 Å². The summed E-state index contributed by atoms with van der Waals surface area (Å²) in [7, 11) is 0. The van der Waals surface area contributed by atoms with E-state index in [2.05, 4.69) is 16.0 Å². The van der Waals surface area contributed by atoms with Crippen molar-refractivity contribution in [1.82, 2.24) is 16.0 Å². The summed E-state index contributed by atoms with van der Waals surface area (Å²) in [5.41, 5.74) is 2.07. The van der Waals surface area contributed by atoms with Gasteiger partial charge in [0.2, 0.25) is 5.91 Å². The molecule has 0 aromatic heterocycles. The van der Waals surface area contributed by atoms with Crippen LogP contribution in [0.3, 0.4) is 0 Å². The number of nitrogens with one attached hydrogen (secondary N) is 3. The Morgan fingerprint density at radius 3 is 2.22 bits per heavy atom. The maximum atomic E-state index is 11.8. The topological polar surface area (TPSA) is 70.2 Å². The maximum Gasteiger partial charge on any atom is 0.321 e. The monoisotopic (exact) mass is 311 g/mol. The quantitative estimate of drug-likeness (QED) is 0.767. The number of benzene rings is 2. The van der Waals surface area contributed by atoms with Crippen LogP contribution in [0.4, 0.5) is 4.79 Å². The lowest BCUT2D eigenvalue weighted by atomic mass is 10.1. The van der Waals surface area contributed by atoms with Gasteiger partial charge < -0.3 is 10.6 Å². The maximum absolute atomic E-state index is 11.8. The number of urea groups is 1. The first kappa shape index (κ1) is 16.7. The van der Waals surface area contributed by atoms with Gasteiger partial charge in [0.05, 0.1) is 6.54 Å². The molecule has 0 heterocycles. The molecule has 0 spiro atoms. The van der Waals surface area contributed by atoms with E-state index in [0.29, 0.717) is 6.54 Å². The Morgan fingerprint density at radius 1 is 0.957 bits per heavy atom. The fraction of sp³-hybridized carbons (Fsp3) is 0.222. The molecular formula is C18H21N3O2. The summed E-state index contributed by atoms with van der Waals surface area (Å²) in [6.45, 7) is 2.43. The molecule has 0 fully saturated rings. The van der Waals surface area contributed by atoms with Gasteiger partial charge in [-0.3, -0.25) is 10.1 Å². The second-order valence-corrected chi connectivity index (χ2v) is 5.23. The van der Waals surface area contributed by atoms with Crippen molar-refractivity contribution in [2.24, 2.45) is 0 Å². The molecule has 0 aliphatic carbocycles. The molecule has 120 valence electrons. The fourth-order valence-electron chi connectivity index (χ4n) is 2.10. The van der Waals surface area contributed by atoms with E-state index in [4.69, 9.17) is 0 Å². The van der Waals surface area contributed by atoms with Crippen LogP contribution in [0.5, 0.6) is 0 Å². The SMILES string of the molecule is CC(NCC(=O)NC(=O)NCc1ccccc1)c1ccccc1. The number of hydrogen-bond acceptors (Lipinski definition) is 3. The largest absolute Gasteiger partial charge is 0.334 e. The van der Waals surface area contributed by atoms with Gasteiger partial charge in [-0.15, -0.1) is 0 Å². The Kier molecular flexibility index (Phi) is 6.32. The smallest absolute Gasteiger partial charge is 0.321 e. The summed E-state index contributed by atoms with van der Waals surface area (Å²) in [4.78, 5) is 23.4. The van der Waals surface area contributed by atoms with Crippen LogP contribution in [0.1, 0.15) is 24.1 Å². The molecule has 2 rings (SSSR count). The highest BCUT2D eigenvalue weighted by atomic mass is 16.2. The summed E-state index contributed by atoms with van der Waals surface area (Å²) in [5.74, 6) is -0.363. The van der Waals surface area contributed by atoms with Gasteiger partial charge in [0.1, 0.15) is 0 Å². The molecule has 0 saturated carbocycles. The first-order valence-corrected chi connectivity index (χ1v) is 7.55. The minimum atomic E-state index is -0.493. The molecule has 23 heavy (non-hydrogen) atoms. The van der Waals surface area contributed by atoms with Crippen molar-refractivity contribution in [1.29, 1.82) is 0 Å². The van der Waals surface area contributed by atoms with Crippen molar-refractivity contribution in [3.05, 3.63) is 71.8 Å². The summed E-state index contributed by atoms with van der Waals surface area (Å²) in [6.07, 6.45) is 0. The average molecular weight is 311 g/mol. The lowest BCUT2D eigenvalue weighted by Gasteiger charge is -2.14. The Balaban J connectivity index is 1.69. The molecule has 0 aliphatic rings. The van der Waals surface area contributed by atoms with Gasteiger partial charge in [0, 0.05) is 12.6 Å². The van der Waals surface area contributed by atoms with Crippen molar-refractivity contribution in [3.63, 3.8) is 0 Å². The van der Waals surface area contributed by atoms with Gasteiger partial charge in [-0.1, -0.05) is 60.7 Å². The van der Waals surface area contributed by atoms with E-state index in [1.54, 1.807) is 0 Å². The van der Waals surface area contributed by atoms with Crippen LogP contribution in [0.15, 0.2) is 60.7 Å². The number of imide groups is 1. The van der Waals surface area contributed by atoms with Gasteiger partial charge in [0.15, 0.2) is 0 Å². The third-order valence-electron chi connectivity index (χ3n) is 3.42. The Hall–Kier alpha value is -2.66. The van der Waals surface area contributed by atoms with Crippen molar-refractivity contribution in [2.75, 3.05) is 6.54 Å². The Morgan fingerprint density at radius 2 is 1.57 bits per heavy atom. The summed E-state index contributed by atoms with van der Waals surface area (Å²) >= 11 is 0. The van der Waals surface area contributed by atoms with Crippen LogP contribution >= 0.6 is 0 Å². The second-order valence-electron chi connectivity index (χ2n) is 5.23. The molecule has 0 aliphatic heterocycles. The molecule has 0 bridgehead atoms. The molecule has 3 amide bonds. The molecule has 5 nitrogen and oxygen atoms in total. The summed E-state index contributed by atoms with van der Waals surface area (Å²) in [5, 5.41) is 8.04. The van der Waals surface area contributed by atoms with E-state index in [1.165, 1.54) is 0 Å². The van der Waals surface area contributed by atoms with E-state index in [-0.39, 0.29) is 18.5 Å². The first-order chi connectivity index (χ1) is 11.1. The van der Waals surface area contributed by atoms with Crippen LogP contribution in [-0.4, -0.2) is 18.5 Å². The fourth-order valence-corrected chi connectivity index (χ4v) is 2.10. The number of amides is 3. The second kappa shape index (κ2) is 8.70. The minimum absolute atomic E-state index is 0.0364. The van der Waals surface area contributed by atoms with Crippen molar-refractivity contribution in [3.8, 4) is 0 Å². The highest BCUT2D eigenvalue weighted by Crippen LogP contribution is 2.10. The summed E-state index contributed by atoms with van der Waals surface area (Å²) in [6, 6.07) is 18.9. The molecular weight excluding hydrogens is 290 g/mol. The zero-order valence-corrected chi connectivity index (χ0v) is 13.1. The highest BCUT2D eigenvalue weighted by Gasteiger charge is 2.10. The number of hydrogen-bond donors (Lipinski definition) is 3. The van der Waals surface area contributed by atoms with E-state index in [0.717, 1.165) is 11.1 Å². The predicted octanol–water partition coefficient (Wildman–Crippen LogP) is 2.36. The lowest BCUT2D eigenvalue weighted by molar-refractivity contribution is -0.119. The Labute approximate surface area is 136 Å². The summed E-state index contributed by atoms with van der Waals surface area (Å²) < 4.78 is 0. The average Bonchev–Trinajstić information content (AvgIpc) is 2.59. The van der Waals surface area contributed by atoms with Gasteiger partial charge >= 0.3 is 6.03 Å². The predicted molar refractivity (Wildman–Crippen MR) is 89.7 cm³/mol. The molecule has 0 saturated heterocycles. The Bertz CT molecular complexity index is 629. The molecule has 3 N–H and O–H groups in total. The molecule has 0 radical (unpaired) electrons. The van der Waals surface area contributed by atoms with Crippen LogP contribution in [0.25, 0.3) is 0 Å². The third kappa shape index (κ3) is 5.92.